The van der Waals surface area contributed by atoms with Gasteiger partial charge < -0.3 is 14.9 Å². The molecule has 1 N–H and O–H groups in total. The van der Waals surface area contributed by atoms with Crippen LogP contribution in [0.25, 0.3) is 10.9 Å². The number of aryl methyl sites for hydroxylation is 1. The number of aromatic nitrogens is 1. The SMILES string of the molecule is O=C([O-])[C@H]1CCCc2c1[nH]c1ccc(Cl)cc21. The van der Waals surface area contributed by atoms with Crippen molar-refractivity contribution in [2.75, 3.05) is 0 Å². The first-order valence-corrected chi connectivity index (χ1v) is 6.05. The van der Waals surface area contributed by atoms with Gasteiger partial charge in [0.15, 0.2) is 0 Å². The van der Waals surface area contributed by atoms with E-state index >= 15 is 0 Å². The fourth-order valence-electron chi connectivity index (χ4n) is 2.67. The normalized spacial score (nSPS) is 19.2. The van der Waals surface area contributed by atoms with Crippen molar-refractivity contribution in [3.05, 3.63) is 34.5 Å². The summed E-state index contributed by atoms with van der Waals surface area (Å²) in [6.07, 6.45) is 2.43. The van der Waals surface area contributed by atoms with Gasteiger partial charge in [0, 0.05) is 27.5 Å². The van der Waals surface area contributed by atoms with E-state index in [4.69, 9.17) is 11.6 Å². The summed E-state index contributed by atoms with van der Waals surface area (Å²) in [5, 5.41) is 12.8. The minimum absolute atomic E-state index is 0.509. The fourth-order valence-corrected chi connectivity index (χ4v) is 2.84. The molecule has 1 heterocycles. The molecule has 3 rings (SSSR count). The molecule has 1 aliphatic rings. The number of nitrogens with one attached hydrogen (secondary N) is 1. The van der Waals surface area contributed by atoms with E-state index in [0.717, 1.165) is 35.0 Å². The summed E-state index contributed by atoms with van der Waals surface area (Å²) in [7, 11) is 0. The number of hydrogen-bond acceptors (Lipinski definition) is 2. The molecule has 0 aliphatic heterocycles. The number of carboxylic acids is 1. The van der Waals surface area contributed by atoms with Crippen molar-refractivity contribution >= 4 is 28.5 Å². The van der Waals surface area contributed by atoms with Crippen LogP contribution in [0.5, 0.6) is 0 Å². The number of benzene rings is 1. The predicted octanol–water partition coefficient (Wildman–Crippen LogP) is 1.99. The number of hydrogen-bond donors (Lipinski definition) is 1. The summed E-state index contributed by atoms with van der Waals surface area (Å²) in [6.45, 7) is 0. The lowest BCUT2D eigenvalue weighted by Crippen LogP contribution is -2.31. The Hall–Kier alpha value is -1.48. The highest BCUT2D eigenvalue weighted by molar-refractivity contribution is 6.31. The van der Waals surface area contributed by atoms with E-state index in [1.54, 1.807) is 6.07 Å². The lowest BCUT2D eigenvalue weighted by atomic mass is 9.87. The number of carbonyl (C=O) groups excluding carboxylic acids is 1. The van der Waals surface area contributed by atoms with Crippen LogP contribution in [0.3, 0.4) is 0 Å². The highest BCUT2D eigenvalue weighted by Crippen LogP contribution is 2.36. The van der Waals surface area contributed by atoms with Crippen LogP contribution in [-0.4, -0.2) is 11.0 Å². The van der Waals surface area contributed by atoms with Crippen LogP contribution in [0.1, 0.15) is 30.0 Å². The Morgan fingerprint density at radius 2 is 2.29 bits per heavy atom. The molecule has 0 saturated carbocycles. The Bertz CT molecular complexity index is 603. The zero-order valence-electron chi connectivity index (χ0n) is 9.13. The summed E-state index contributed by atoms with van der Waals surface area (Å²) >= 11 is 5.97. The Morgan fingerprint density at radius 1 is 1.47 bits per heavy atom. The van der Waals surface area contributed by atoms with Gasteiger partial charge in [-0.2, -0.15) is 0 Å². The van der Waals surface area contributed by atoms with Crippen molar-refractivity contribution in [2.24, 2.45) is 0 Å². The molecule has 3 nitrogen and oxygen atoms in total. The maximum atomic E-state index is 11.1. The summed E-state index contributed by atoms with van der Waals surface area (Å²) in [5.41, 5.74) is 2.84. The Labute approximate surface area is 103 Å². The molecule has 88 valence electrons. The molecule has 17 heavy (non-hydrogen) atoms. The zero-order valence-corrected chi connectivity index (χ0v) is 9.88. The summed E-state index contributed by atoms with van der Waals surface area (Å²) in [6, 6.07) is 5.59. The highest BCUT2D eigenvalue weighted by atomic mass is 35.5. The molecular formula is C13H11ClNO2-. The Kier molecular flexibility index (Phi) is 2.37. The molecular weight excluding hydrogens is 238 g/mol. The van der Waals surface area contributed by atoms with Gasteiger partial charge in [0.05, 0.1) is 5.97 Å². The smallest absolute Gasteiger partial charge is 0.0504 e. The third kappa shape index (κ3) is 1.62. The lowest BCUT2D eigenvalue weighted by Gasteiger charge is -2.23. The third-order valence-corrected chi connectivity index (χ3v) is 3.69. The quantitative estimate of drug-likeness (QED) is 0.839. The molecule has 1 aromatic heterocycles. The average molecular weight is 249 g/mol. The van der Waals surface area contributed by atoms with Gasteiger partial charge >= 0.3 is 0 Å². The lowest BCUT2D eigenvalue weighted by molar-refractivity contribution is -0.308. The summed E-state index contributed by atoms with van der Waals surface area (Å²) in [5.74, 6) is -1.51. The van der Waals surface area contributed by atoms with Crippen molar-refractivity contribution in [3.63, 3.8) is 0 Å². The van der Waals surface area contributed by atoms with Crippen LogP contribution in [0, 0.1) is 0 Å². The van der Waals surface area contributed by atoms with Crippen LogP contribution >= 0.6 is 11.6 Å². The fraction of sp³-hybridized carbons (Fsp3) is 0.308. The molecule has 0 spiro atoms. The minimum atomic E-state index is -0.997. The summed E-state index contributed by atoms with van der Waals surface area (Å²) < 4.78 is 0. The van der Waals surface area contributed by atoms with Crippen molar-refractivity contribution in [1.82, 2.24) is 4.98 Å². The van der Waals surface area contributed by atoms with Gasteiger partial charge in [-0.05, 0) is 43.0 Å². The number of fused-ring (bicyclic) bond motifs is 3. The van der Waals surface area contributed by atoms with Gasteiger partial charge in [-0.1, -0.05) is 11.6 Å². The van der Waals surface area contributed by atoms with Crippen molar-refractivity contribution in [3.8, 4) is 0 Å². The second kappa shape index (κ2) is 3.77. The first-order valence-electron chi connectivity index (χ1n) is 5.67. The number of carbonyl (C=O) groups is 1. The molecule has 1 aliphatic carbocycles. The van der Waals surface area contributed by atoms with E-state index in [1.165, 1.54) is 0 Å². The molecule has 1 aromatic carbocycles. The van der Waals surface area contributed by atoms with Crippen molar-refractivity contribution < 1.29 is 9.90 Å². The second-order valence-electron chi connectivity index (χ2n) is 4.47. The number of aromatic amines is 1. The van der Waals surface area contributed by atoms with Gasteiger partial charge in [-0.3, -0.25) is 0 Å². The van der Waals surface area contributed by atoms with E-state index in [9.17, 15) is 9.90 Å². The topological polar surface area (TPSA) is 55.9 Å². The van der Waals surface area contributed by atoms with E-state index in [2.05, 4.69) is 4.98 Å². The summed E-state index contributed by atoms with van der Waals surface area (Å²) in [4.78, 5) is 14.3. The van der Waals surface area contributed by atoms with Gasteiger partial charge in [-0.15, -0.1) is 0 Å². The van der Waals surface area contributed by atoms with E-state index in [-0.39, 0.29) is 0 Å². The molecule has 0 fully saturated rings. The first kappa shape index (κ1) is 10.7. The Balaban J connectivity index is 2.25. The third-order valence-electron chi connectivity index (χ3n) is 3.45. The molecule has 0 amide bonds. The molecule has 0 saturated heterocycles. The van der Waals surface area contributed by atoms with E-state index in [1.807, 2.05) is 12.1 Å². The molecule has 2 aromatic rings. The number of rotatable bonds is 1. The largest absolute Gasteiger partial charge is 0.549 e. The maximum Gasteiger partial charge on any atom is 0.0504 e. The molecule has 0 unspecified atom stereocenters. The Morgan fingerprint density at radius 3 is 3.06 bits per heavy atom. The number of H-pyrrole nitrogens is 1. The minimum Gasteiger partial charge on any atom is -0.549 e. The second-order valence-corrected chi connectivity index (χ2v) is 4.91. The van der Waals surface area contributed by atoms with Crippen LogP contribution in [0.2, 0.25) is 5.02 Å². The van der Waals surface area contributed by atoms with Crippen LogP contribution < -0.4 is 5.11 Å². The van der Waals surface area contributed by atoms with Crippen LogP contribution in [-0.2, 0) is 11.2 Å². The molecule has 4 heteroatoms. The predicted molar refractivity (Wildman–Crippen MR) is 64.0 cm³/mol. The van der Waals surface area contributed by atoms with Gasteiger partial charge in [0.2, 0.25) is 0 Å². The number of aliphatic carboxylic acids is 1. The molecule has 1 atom stereocenters. The van der Waals surface area contributed by atoms with E-state index in [0.29, 0.717) is 11.4 Å². The van der Waals surface area contributed by atoms with Crippen molar-refractivity contribution in [1.29, 1.82) is 0 Å². The van der Waals surface area contributed by atoms with Crippen LogP contribution in [0.15, 0.2) is 18.2 Å². The standard InChI is InChI=1S/C13H12ClNO2/c14-7-4-5-11-10(6-7)8-2-1-3-9(13(16)17)12(8)15-11/h4-6,9,15H,1-3H2,(H,16,17)/p-1/t9-/m0/s1. The average Bonchev–Trinajstić information content (AvgIpc) is 2.66. The molecule has 0 radical (unpaired) electrons. The number of carboxylic acid groups (broad SMARTS) is 1. The van der Waals surface area contributed by atoms with E-state index < -0.39 is 11.9 Å². The monoisotopic (exact) mass is 248 g/mol. The molecule has 0 bridgehead atoms. The van der Waals surface area contributed by atoms with Gasteiger partial charge in [0.1, 0.15) is 0 Å². The zero-order chi connectivity index (χ0) is 12.0. The van der Waals surface area contributed by atoms with Gasteiger partial charge in [0.25, 0.3) is 0 Å². The van der Waals surface area contributed by atoms with Crippen LogP contribution in [0.4, 0.5) is 0 Å². The van der Waals surface area contributed by atoms with Crippen molar-refractivity contribution in [2.45, 2.75) is 25.2 Å². The number of halogens is 1. The van der Waals surface area contributed by atoms with Gasteiger partial charge in [-0.25, -0.2) is 0 Å². The first-order chi connectivity index (χ1) is 8.16. The highest BCUT2D eigenvalue weighted by Gasteiger charge is 2.24. The maximum absolute atomic E-state index is 11.1.